The number of hydrogen-bond acceptors (Lipinski definition) is 6. The SMILES string of the molecule is CN/C(=C\C=N)N1CCC(NC(=O)c2ccc(-c3nccc4occc34)cc2)CC1. The third-order valence-corrected chi connectivity index (χ3v) is 5.47. The van der Waals surface area contributed by atoms with Crippen molar-refractivity contribution in [1.29, 1.82) is 5.41 Å². The molecule has 0 radical (unpaired) electrons. The number of amides is 1. The predicted molar refractivity (Wildman–Crippen MR) is 117 cm³/mol. The fourth-order valence-electron chi connectivity index (χ4n) is 3.86. The second-order valence-corrected chi connectivity index (χ2v) is 7.27. The summed E-state index contributed by atoms with van der Waals surface area (Å²) in [6.45, 7) is 1.68. The Hall–Kier alpha value is -3.61. The van der Waals surface area contributed by atoms with Gasteiger partial charge < -0.3 is 25.4 Å². The first-order valence-corrected chi connectivity index (χ1v) is 10.1. The molecule has 1 fully saturated rings. The molecule has 3 N–H and O–H groups in total. The van der Waals surface area contributed by atoms with Gasteiger partial charge in [-0.05, 0) is 43.2 Å². The Labute approximate surface area is 175 Å². The molecular weight excluding hydrogens is 378 g/mol. The fraction of sp³-hybridized carbons (Fsp3) is 0.261. The highest BCUT2D eigenvalue weighted by molar-refractivity contribution is 5.96. The van der Waals surface area contributed by atoms with E-state index < -0.39 is 0 Å². The van der Waals surface area contributed by atoms with Gasteiger partial charge in [-0.25, -0.2) is 0 Å². The van der Waals surface area contributed by atoms with Crippen LogP contribution in [0.15, 0.2) is 65.2 Å². The smallest absolute Gasteiger partial charge is 0.251 e. The van der Waals surface area contributed by atoms with Crippen molar-refractivity contribution >= 4 is 23.1 Å². The summed E-state index contributed by atoms with van der Waals surface area (Å²) < 4.78 is 5.44. The zero-order valence-corrected chi connectivity index (χ0v) is 16.9. The Morgan fingerprint density at radius 2 is 1.97 bits per heavy atom. The second kappa shape index (κ2) is 8.82. The Morgan fingerprint density at radius 1 is 1.20 bits per heavy atom. The molecule has 1 aromatic carbocycles. The highest BCUT2D eigenvalue weighted by Crippen LogP contribution is 2.27. The molecule has 0 bridgehead atoms. The number of likely N-dealkylation sites (tertiary alicyclic amines) is 1. The summed E-state index contributed by atoms with van der Waals surface area (Å²) in [5.74, 6) is 0.880. The largest absolute Gasteiger partial charge is 0.464 e. The Morgan fingerprint density at radius 3 is 2.67 bits per heavy atom. The molecule has 1 amide bonds. The molecule has 4 rings (SSSR count). The topological polar surface area (TPSA) is 94.2 Å². The van der Waals surface area contributed by atoms with Crippen molar-refractivity contribution in [3.63, 3.8) is 0 Å². The van der Waals surface area contributed by atoms with Crippen molar-refractivity contribution < 1.29 is 9.21 Å². The van der Waals surface area contributed by atoms with E-state index in [0.717, 1.165) is 54.0 Å². The van der Waals surface area contributed by atoms with E-state index in [1.807, 2.05) is 43.4 Å². The van der Waals surface area contributed by atoms with Crippen LogP contribution >= 0.6 is 0 Å². The molecule has 3 aromatic rings. The quantitative estimate of drug-likeness (QED) is 0.549. The summed E-state index contributed by atoms with van der Waals surface area (Å²) in [7, 11) is 1.86. The van der Waals surface area contributed by atoms with Crippen molar-refractivity contribution in [2.45, 2.75) is 18.9 Å². The first-order chi connectivity index (χ1) is 14.7. The minimum Gasteiger partial charge on any atom is -0.464 e. The zero-order valence-electron chi connectivity index (χ0n) is 16.9. The normalized spacial score (nSPS) is 15.2. The van der Waals surface area contributed by atoms with E-state index in [4.69, 9.17) is 9.83 Å². The van der Waals surface area contributed by atoms with Crippen LogP contribution in [-0.2, 0) is 0 Å². The molecule has 0 saturated carbocycles. The number of pyridine rings is 1. The lowest BCUT2D eigenvalue weighted by atomic mass is 10.0. The molecule has 7 nitrogen and oxygen atoms in total. The first kappa shape index (κ1) is 19.7. The van der Waals surface area contributed by atoms with E-state index in [-0.39, 0.29) is 11.9 Å². The van der Waals surface area contributed by atoms with E-state index in [1.165, 1.54) is 6.21 Å². The second-order valence-electron chi connectivity index (χ2n) is 7.27. The molecule has 1 saturated heterocycles. The van der Waals surface area contributed by atoms with Gasteiger partial charge in [0.1, 0.15) is 11.4 Å². The molecule has 0 unspecified atom stereocenters. The Kier molecular flexibility index (Phi) is 5.79. The van der Waals surface area contributed by atoms with Gasteiger partial charge in [0.15, 0.2) is 0 Å². The Balaban J connectivity index is 1.39. The third-order valence-electron chi connectivity index (χ3n) is 5.47. The van der Waals surface area contributed by atoms with Crippen molar-refractivity contribution in [2.75, 3.05) is 20.1 Å². The number of aromatic nitrogens is 1. The maximum atomic E-state index is 12.7. The lowest BCUT2D eigenvalue weighted by Crippen LogP contribution is -2.45. The first-order valence-electron chi connectivity index (χ1n) is 10.1. The molecule has 2 aromatic heterocycles. The number of nitrogens with one attached hydrogen (secondary N) is 3. The minimum absolute atomic E-state index is 0.0571. The number of rotatable bonds is 6. The van der Waals surface area contributed by atoms with Crippen molar-refractivity contribution in [1.82, 2.24) is 20.5 Å². The van der Waals surface area contributed by atoms with Crippen molar-refractivity contribution in [2.24, 2.45) is 0 Å². The van der Waals surface area contributed by atoms with Crippen LogP contribution in [0.1, 0.15) is 23.2 Å². The fourth-order valence-corrected chi connectivity index (χ4v) is 3.86. The van der Waals surface area contributed by atoms with Gasteiger partial charge in [0.25, 0.3) is 5.91 Å². The number of nitrogens with zero attached hydrogens (tertiary/aromatic N) is 2. The minimum atomic E-state index is -0.0571. The summed E-state index contributed by atoms with van der Waals surface area (Å²) >= 11 is 0. The van der Waals surface area contributed by atoms with Crippen LogP contribution in [0.25, 0.3) is 22.2 Å². The van der Waals surface area contributed by atoms with Crippen LogP contribution in [0.3, 0.4) is 0 Å². The summed E-state index contributed by atoms with van der Waals surface area (Å²) in [6.07, 6.45) is 8.15. The molecule has 154 valence electrons. The van der Waals surface area contributed by atoms with E-state index in [1.54, 1.807) is 18.5 Å². The molecular formula is C23H25N5O2. The molecule has 7 heteroatoms. The van der Waals surface area contributed by atoms with Gasteiger partial charge in [-0.1, -0.05) is 12.1 Å². The van der Waals surface area contributed by atoms with E-state index in [0.29, 0.717) is 5.56 Å². The Bertz CT molecular complexity index is 1060. The highest BCUT2D eigenvalue weighted by Gasteiger charge is 2.22. The maximum Gasteiger partial charge on any atom is 0.251 e. The molecule has 1 aliphatic rings. The van der Waals surface area contributed by atoms with Crippen LogP contribution < -0.4 is 10.6 Å². The van der Waals surface area contributed by atoms with Gasteiger partial charge in [-0.2, -0.15) is 0 Å². The van der Waals surface area contributed by atoms with Crippen LogP contribution in [0.2, 0.25) is 0 Å². The molecule has 0 atom stereocenters. The number of hydrogen-bond donors (Lipinski definition) is 3. The van der Waals surface area contributed by atoms with Gasteiger partial charge in [-0.15, -0.1) is 0 Å². The monoisotopic (exact) mass is 403 g/mol. The standard InChI is InChI=1S/C23H25N5O2/c1-25-21(6-11-24)28-13-8-18(9-14-28)27-23(29)17-4-2-16(3-5-17)22-19-10-15-30-20(19)7-12-26-22/h2-7,10-12,15,18,24-25H,8-9,13-14H2,1H3,(H,27,29)/b21-6+,24-11?. The summed E-state index contributed by atoms with van der Waals surface area (Å²) in [5, 5.41) is 14.5. The van der Waals surface area contributed by atoms with Crippen LogP contribution in [0.5, 0.6) is 0 Å². The average molecular weight is 403 g/mol. The van der Waals surface area contributed by atoms with E-state index in [9.17, 15) is 4.79 Å². The van der Waals surface area contributed by atoms with Crippen LogP contribution in [0, 0.1) is 5.41 Å². The summed E-state index contributed by atoms with van der Waals surface area (Å²) in [4.78, 5) is 19.4. The van der Waals surface area contributed by atoms with Crippen molar-refractivity contribution in [3.05, 3.63) is 66.3 Å². The maximum absolute atomic E-state index is 12.7. The molecule has 30 heavy (non-hydrogen) atoms. The molecule has 1 aliphatic heterocycles. The van der Waals surface area contributed by atoms with Gasteiger partial charge >= 0.3 is 0 Å². The van der Waals surface area contributed by atoms with E-state index in [2.05, 4.69) is 20.5 Å². The predicted octanol–water partition coefficient (Wildman–Crippen LogP) is 3.40. The number of carbonyl (C=O) groups is 1. The summed E-state index contributed by atoms with van der Waals surface area (Å²) in [6, 6.07) is 11.4. The number of furan rings is 1. The van der Waals surface area contributed by atoms with Gasteiger partial charge in [-0.3, -0.25) is 9.78 Å². The van der Waals surface area contributed by atoms with Crippen LogP contribution in [-0.4, -0.2) is 48.2 Å². The number of carbonyl (C=O) groups excluding carboxylic acids is 1. The van der Waals surface area contributed by atoms with Crippen LogP contribution in [0.4, 0.5) is 0 Å². The van der Waals surface area contributed by atoms with Gasteiger partial charge in [0, 0.05) is 55.1 Å². The summed E-state index contributed by atoms with van der Waals surface area (Å²) in [5.41, 5.74) is 3.23. The molecule has 3 heterocycles. The molecule has 0 aliphatic carbocycles. The zero-order chi connectivity index (χ0) is 20.9. The van der Waals surface area contributed by atoms with Crippen molar-refractivity contribution in [3.8, 4) is 11.3 Å². The van der Waals surface area contributed by atoms with Gasteiger partial charge in [0.05, 0.1) is 12.0 Å². The number of allylic oxidation sites excluding steroid dienone is 1. The number of fused-ring (bicyclic) bond motifs is 1. The third kappa shape index (κ3) is 4.05. The lowest BCUT2D eigenvalue weighted by molar-refractivity contribution is 0.0917. The van der Waals surface area contributed by atoms with E-state index >= 15 is 0 Å². The number of benzene rings is 1. The number of piperidine rings is 1. The highest BCUT2D eigenvalue weighted by atomic mass is 16.3. The molecule has 0 spiro atoms. The lowest BCUT2D eigenvalue weighted by Gasteiger charge is -2.35. The average Bonchev–Trinajstić information content (AvgIpc) is 3.27. The van der Waals surface area contributed by atoms with Gasteiger partial charge in [0.2, 0.25) is 0 Å².